The van der Waals surface area contributed by atoms with E-state index in [4.69, 9.17) is 39.4 Å². The van der Waals surface area contributed by atoms with Gasteiger partial charge in [0.25, 0.3) is 23.6 Å². The fraction of sp³-hybridized carbons (Fsp3) is 0.382. The summed E-state index contributed by atoms with van der Waals surface area (Å²) in [7, 11) is 2.15. The number of primary amides is 1. The summed E-state index contributed by atoms with van der Waals surface area (Å²) in [5, 5.41) is 33.9. The number of piperazine rings is 1. The summed E-state index contributed by atoms with van der Waals surface area (Å²) in [6.45, 7) is 44.9. The number of urea groups is 1. The molecule has 7 aliphatic rings. The van der Waals surface area contributed by atoms with Crippen molar-refractivity contribution in [3.05, 3.63) is 211 Å². The number of aliphatic imine (C=N–C) groups is 2. The highest BCUT2D eigenvalue weighted by atomic mass is 17.9. The topological polar surface area (TPSA) is 391 Å². The minimum Gasteiger partial charge on any atom is -0.490 e. The van der Waals surface area contributed by atoms with Crippen LogP contribution in [0.2, 0.25) is 0 Å². The number of benzene rings is 4. The Morgan fingerprint density at radius 3 is 1.59 bits per heavy atom. The monoisotopic (exact) mass is 1700 g/mol. The largest absolute Gasteiger partial charge is 0.490 e. The van der Waals surface area contributed by atoms with Crippen molar-refractivity contribution in [2.45, 2.75) is 115 Å². The molecular weight excluding hydrogens is 1590 g/mol. The van der Waals surface area contributed by atoms with Crippen LogP contribution in [0.5, 0.6) is 23.0 Å². The number of hydrogen-bond donors (Lipinski definition) is 6. The molecular formula is C89H117N13O21. The quantitative estimate of drug-likeness (QED) is 0.00537. The molecule has 123 heavy (non-hydrogen) atoms. The van der Waals surface area contributed by atoms with Crippen LogP contribution >= 0.6 is 0 Å². The highest BCUT2D eigenvalue weighted by Crippen LogP contribution is 2.43. The van der Waals surface area contributed by atoms with Crippen molar-refractivity contribution in [3.8, 4) is 23.0 Å². The van der Waals surface area contributed by atoms with Gasteiger partial charge in [-0.1, -0.05) is 63.8 Å². The third kappa shape index (κ3) is 31.7. The highest BCUT2D eigenvalue weighted by molar-refractivity contribution is 6.13. The van der Waals surface area contributed by atoms with Crippen molar-refractivity contribution >= 4 is 99.6 Å². The van der Waals surface area contributed by atoms with Crippen molar-refractivity contribution in [2.75, 3.05) is 109 Å². The zero-order valence-corrected chi connectivity index (χ0v) is 70.6. The number of likely N-dealkylation sites (N-methyl/N-ethyl adjacent to an activating group) is 1. The highest BCUT2D eigenvalue weighted by Gasteiger charge is 2.37. The van der Waals surface area contributed by atoms with E-state index in [0.717, 1.165) is 116 Å². The van der Waals surface area contributed by atoms with Crippen LogP contribution in [0.1, 0.15) is 123 Å². The molecule has 0 bridgehead atoms. The Morgan fingerprint density at radius 2 is 1.07 bits per heavy atom. The van der Waals surface area contributed by atoms with E-state index in [1.807, 2.05) is 12.4 Å². The smallest absolute Gasteiger partial charge is 0.312 e. The number of hydrogen-bond acceptors (Lipinski definition) is 25. The molecule has 11 rings (SSSR count). The summed E-state index contributed by atoms with van der Waals surface area (Å²) >= 11 is 0. The fourth-order valence-corrected chi connectivity index (χ4v) is 13.1. The van der Waals surface area contributed by atoms with Crippen molar-refractivity contribution in [2.24, 2.45) is 21.6 Å². The zero-order valence-electron chi connectivity index (χ0n) is 70.6. The van der Waals surface area contributed by atoms with Crippen molar-refractivity contribution < 1.29 is 102 Å². The maximum absolute atomic E-state index is 14.6. The SMILES string of the molecule is C=C.C=C.C=C.C=C.C=C.C=C.CC(C)[C@H](NC(=O)/C=C/OOOOOOOCCOCCNC(=O)CCN1C(=O)C=CC1=O)C(=O)N[C@@H](CCCNC(N)=O)C(=O)Nc1ccc(C2=CN3C(=O)c4cc5c(cc4N=C[C@@H]3C2)OCCCOc2cc3c(cc2OCCCCCCCCO5)C(=O)N2C=C(c4ccc(N5CCN(C)CC5)cc4)C[C@H]2C=N3)cc1. The molecule has 4 aromatic carbocycles. The zero-order chi connectivity index (χ0) is 90.0. The number of carbonyl (C=O) groups is 9. The predicted molar refractivity (Wildman–Crippen MR) is 469 cm³/mol. The fourth-order valence-electron chi connectivity index (χ4n) is 13.1. The number of carbonyl (C=O) groups excluding carboxylic acids is 9. The molecule has 1 fully saturated rings. The molecule has 0 aliphatic carbocycles. The second-order valence-corrected chi connectivity index (χ2v) is 27.4. The average molecular weight is 1700 g/mol. The standard InChI is InChI=1S/C77H93N13O21.6C2H4/c1-50(2)72(85-69(92)24-36-105-107-109-111-110-108-106-39-38-100-37-26-79-68(91)23-27-88-70(93)21-22-71(88)94)74(96)84-61(12-10-25-80-77(78)99)73(95)83-55-17-13-51(14-18-55)53-40-57-46-81-62-44-66-64(42-59(62)75(97)89(57)48-53)101-32-8-6-4-5-7-9-33-102-65-43-60-63(45-67(65)104-35-11-34-103-66)82-47-58-41-54(49-90(58)76(60)98)52-15-19-56(20-16-52)87-30-28-86(3)29-31-87;6*1-2/h13-22,24,36,42-50,57-58,61,72H,4-12,23,25-35,37-41H2,1-3H3,(H,79,91)(H,83,95)(H,84,96)(H,85,92)(H3,78,80,99);6*1-2H2/b36-24+;;;;;;/t57-,58-,61-,72-;;;;;;/m0....../s1. The number of rotatable bonds is 30. The predicted octanol–water partition coefficient (Wildman–Crippen LogP) is 11.7. The second-order valence-electron chi connectivity index (χ2n) is 27.4. The molecule has 0 radical (unpaired) electrons. The third-order valence-corrected chi connectivity index (χ3v) is 19.1. The Labute approximate surface area is 718 Å². The van der Waals surface area contributed by atoms with E-state index in [-0.39, 0.29) is 95.7 Å². The van der Waals surface area contributed by atoms with Gasteiger partial charge in [-0.2, -0.15) is 0 Å². The van der Waals surface area contributed by atoms with E-state index < -0.39 is 59.6 Å². The second kappa shape index (κ2) is 56.0. The van der Waals surface area contributed by atoms with Crippen LogP contribution in [-0.2, 0) is 68.5 Å². The molecule has 4 atom stereocenters. The molecule has 0 aromatic heterocycles. The number of nitrogens with one attached hydrogen (secondary N) is 5. The van der Waals surface area contributed by atoms with Gasteiger partial charge in [0.15, 0.2) is 23.0 Å². The van der Waals surface area contributed by atoms with E-state index in [0.29, 0.717) is 83.7 Å². The molecule has 7 aliphatic heterocycles. The van der Waals surface area contributed by atoms with Gasteiger partial charge < -0.3 is 80.5 Å². The first kappa shape index (κ1) is 101. The summed E-state index contributed by atoms with van der Waals surface area (Å²) in [6, 6.07) is 18.9. The Hall–Kier alpha value is -12.7. The molecule has 34 nitrogen and oxygen atoms in total. The van der Waals surface area contributed by atoms with Crippen LogP contribution in [0.15, 0.2) is 199 Å². The number of anilines is 2. The maximum atomic E-state index is 14.6. The molecule has 4 aromatic rings. The Morgan fingerprint density at radius 1 is 0.569 bits per heavy atom. The number of amides is 10. The Kier molecular flexibility index (Phi) is 46.0. The van der Waals surface area contributed by atoms with Crippen LogP contribution in [0, 0.1) is 5.92 Å². The molecule has 10 amide bonds. The Bertz CT molecular complexity index is 4250. The number of fused-ring (bicyclic) bond motifs is 6. The molecule has 1 saturated heterocycles. The van der Waals surface area contributed by atoms with Crippen LogP contribution < -0.4 is 56.2 Å². The minimum absolute atomic E-state index is 0.00896. The molecule has 664 valence electrons. The minimum atomic E-state index is -1.16. The van der Waals surface area contributed by atoms with Gasteiger partial charge in [0.2, 0.25) is 23.6 Å². The van der Waals surface area contributed by atoms with E-state index in [1.54, 1.807) is 84.6 Å². The first-order valence-electron chi connectivity index (χ1n) is 40.2. The van der Waals surface area contributed by atoms with Gasteiger partial charge in [-0.25, -0.2) is 9.68 Å². The first-order valence-corrected chi connectivity index (χ1v) is 40.2. The van der Waals surface area contributed by atoms with Crippen LogP contribution in [0.3, 0.4) is 0 Å². The molecule has 7 N–H and O–H groups in total. The number of imide groups is 1. The van der Waals surface area contributed by atoms with Gasteiger partial charge in [0, 0.05) is 153 Å². The number of nitrogens with zero attached hydrogens (tertiary/aromatic N) is 7. The third-order valence-electron chi connectivity index (χ3n) is 19.1. The summed E-state index contributed by atoms with van der Waals surface area (Å²) in [6.07, 6.45) is 18.4. The summed E-state index contributed by atoms with van der Waals surface area (Å²) in [5.41, 5.74) is 12.4. The maximum Gasteiger partial charge on any atom is 0.312 e. The Balaban J connectivity index is 0.00000214. The van der Waals surface area contributed by atoms with Gasteiger partial charge in [0.05, 0.1) is 74.2 Å². The molecule has 34 heteroatoms. The lowest BCUT2D eigenvalue weighted by atomic mass is 10.0. The van der Waals surface area contributed by atoms with Crippen LogP contribution in [0.25, 0.3) is 11.1 Å². The first-order chi connectivity index (χ1) is 59.9. The normalized spacial score (nSPS) is 17.0. The van der Waals surface area contributed by atoms with Crippen molar-refractivity contribution in [1.29, 1.82) is 0 Å². The number of ether oxygens (including phenoxy) is 5. The molecule has 0 saturated carbocycles. The molecule has 0 spiro atoms. The lowest BCUT2D eigenvalue weighted by Crippen LogP contribution is -2.54. The van der Waals surface area contributed by atoms with Crippen LogP contribution in [0.4, 0.5) is 27.5 Å². The summed E-state index contributed by atoms with van der Waals surface area (Å²) < 4.78 is 30.9. The van der Waals surface area contributed by atoms with E-state index in [9.17, 15) is 43.2 Å². The van der Waals surface area contributed by atoms with Crippen molar-refractivity contribution in [3.63, 3.8) is 0 Å². The molecule has 0 unspecified atom stereocenters. The lowest BCUT2D eigenvalue weighted by molar-refractivity contribution is -0.786. The summed E-state index contributed by atoms with van der Waals surface area (Å²) in [4.78, 5) is 144. The number of nitrogens with two attached hydrogens (primary N) is 1. The van der Waals surface area contributed by atoms with Crippen LogP contribution in [-0.4, -0.2) is 209 Å². The van der Waals surface area contributed by atoms with Gasteiger partial charge >= 0.3 is 6.03 Å². The van der Waals surface area contributed by atoms with E-state index in [2.05, 4.69) is 182 Å². The van der Waals surface area contributed by atoms with E-state index >= 15 is 0 Å². The van der Waals surface area contributed by atoms with Crippen molar-refractivity contribution in [1.82, 2.24) is 40.9 Å². The van der Waals surface area contributed by atoms with Gasteiger partial charge in [0.1, 0.15) is 25.0 Å². The molecule has 7 heterocycles. The van der Waals surface area contributed by atoms with Gasteiger partial charge in [-0.3, -0.25) is 53.2 Å². The van der Waals surface area contributed by atoms with Gasteiger partial charge in [-0.05, 0) is 107 Å². The average Bonchev–Trinajstić information content (AvgIpc) is 1.64. The van der Waals surface area contributed by atoms with Gasteiger partial charge in [-0.15, -0.1) is 78.9 Å². The summed E-state index contributed by atoms with van der Waals surface area (Å²) in [5.74, 6) is -2.52. The van der Waals surface area contributed by atoms with E-state index in [1.165, 1.54) is 5.69 Å². The lowest BCUT2D eigenvalue weighted by Gasteiger charge is -2.34.